The second-order valence-electron chi connectivity index (χ2n) is 15.2. The Hall–Kier alpha value is -1.91. The maximum atomic E-state index is 13.2. The number of ketones is 1. The summed E-state index contributed by atoms with van der Waals surface area (Å²) in [4.78, 5) is 18.3. The van der Waals surface area contributed by atoms with Gasteiger partial charge in [0.1, 0.15) is 0 Å². The zero-order valence-electron chi connectivity index (χ0n) is 25.5. The third kappa shape index (κ3) is 8.05. The number of carbonyl (C=O) groups excluding carboxylic acids is 1. The van der Waals surface area contributed by atoms with E-state index in [0.717, 1.165) is 24.0 Å². The number of Topliss-reactive ketones (excluding diaryl/α,β-unsaturated/α-hetero) is 1. The summed E-state index contributed by atoms with van der Waals surface area (Å²) in [7, 11) is 0. The molecule has 1 aliphatic heterocycles. The zero-order chi connectivity index (χ0) is 28.8. The highest BCUT2D eigenvalue weighted by Crippen LogP contribution is 2.44. The number of thioether (sulfide) groups is 1. The fraction of sp³-hybridized carbons (Fsp3) is 0.529. The Kier molecular flexibility index (Phi) is 8.53. The Labute approximate surface area is 239 Å². The third-order valence-corrected chi connectivity index (χ3v) is 9.17. The average molecular weight is 551 g/mol. The van der Waals surface area contributed by atoms with Gasteiger partial charge in [-0.3, -0.25) is 4.79 Å². The molecule has 0 spiro atoms. The van der Waals surface area contributed by atoms with Crippen molar-refractivity contribution < 1.29 is 9.90 Å². The van der Waals surface area contributed by atoms with E-state index in [2.05, 4.69) is 107 Å². The van der Waals surface area contributed by atoms with E-state index in [0.29, 0.717) is 5.57 Å². The predicted octanol–water partition coefficient (Wildman–Crippen LogP) is 9.52. The van der Waals surface area contributed by atoms with E-state index in [4.69, 9.17) is 0 Å². The Morgan fingerprint density at radius 1 is 0.763 bits per heavy atom. The van der Waals surface area contributed by atoms with Crippen LogP contribution >= 0.6 is 23.1 Å². The third-order valence-electron chi connectivity index (χ3n) is 6.22. The molecule has 0 N–H and O–H groups in total. The van der Waals surface area contributed by atoms with Crippen LogP contribution in [0.5, 0.6) is 0 Å². The largest absolute Gasteiger partial charge is 0.871 e. The number of allylic oxidation sites excluding steroid dienone is 8. The van der Waals surface area contributed by atoms with Gasteiger partial charge in [0.05, 0.1) is 0 Å². The molecule has 38 heavy (non-hydrogen) atoms. The highest BCUT2D eigenvalue weighted by molar-refractivity contribution is 8.06. The number of carbonyl (C=O) groups is 1. The van der Waals surface area contributed by atoms with Crippen molar-refractivity contribution in [3.8, 4) is 0 Å². The molecule has 0 bridgehead atoms. The fourth-order valence-electron chi connectivity index (χ4n) is 4.32. The van der Waals surface area contributed by atoms with E-state index in [9.17, 15) is 9.90 Å². The normalized spacial score (nSPS) is 18.5. The standard InChI is InChI=1S/C34H46O2S2/c1-31(2,3)19-23-13-21(14-24(37-23)20-32(4,5)6)15-25-29(35)26(30(25)36)16-22-17-27(33(7,8)9)38-28(18-22)34(10,11)12/h13-18H,19-20H2,1-12H3. The Morgan fingerprint density at radius 3 is 1.58 bits per heavy atom. The van der Waals surface area contributed by atoms with Gasteiger partial charge in [0, 0.05) is 34.1 Å². The molecule has 0 amide bonds. The minimum Gasteiger partial charge on any atom is -0.871 e. The van der Waals surface area contributed by atoms with Crippen molar-refractivity contribution >= 4 is 35.0 Å². The highest BCUT2D eigenvalue weighted by Gasteiger charge is 2.33. The van der Waals surface area contributed by atoms with E-state index in [1.165, 1.54) is 19.6 Å². The van der Waals surface area contributed by atoms with E-state index in [-0.39, 0.29) is 38.8 Å². The fourth-order valence-corrected chi connectivity index (χ4v) is 7.29. The van der Waals surface area contributed by atoms with Crippen molar-refractivity contribution in [2.45, 2.75) is 107 Å². The molecule has 0 saturated heterocycles. The molecule has 0 unspecified atom stereocenters. The maximum Gasteiger partial charge on any atom is 0.219 e. The lowest BCUT2D eigenvalue weighted by molar-refractivity contribution is -0.300. The zero-order valence-corrected chi connectivity index (χ0v) is 27.1. The minimum absolute atomic E-state index is 0.0122. The average Bonchev–Trinajstić information content (AvgIpc) is 2.71. The summed E-state index contributed by atoms with van der Waals surface area (Å²) in [6.45, 7) is 26.6. The van der Waals surface area contributed by atoms with E-state index in [1.807, 2.05) is 23.1 Å². The lowest BCUT2D eigenvalue weighted by Gasteiger charge is -2.30. The molecule has 1 aromatic heterocycles. The molecule has 206 valence electrons. The van der Waals surface area contributed by atoms with Gasteiger partial charge in [-0.25, -0.2) is 0 Å². The summed E-state index contributed by atoms with van der Waals surface area (Å²) in [5, 5.41) is 13.2. The first-order chi connectivity index (χ1) is 17.1. The van der Waals surface area contributed by atoms with Crippen LogP contribution in [0.25, 0.3) is 6.08 Å². The SMILES string of the molecule is CC(C)(C)CC1=CC(=CC2=C([O-])C(=Cc3cc(C(C)(C)C)[s+]c(C(C)(C)C)c3)C2=O)C=C(CC(C)(C)C)S1. The highest BCUT2D eigenvalue weighted by atomic mass is 32.2. The molecule has 1 aromatic rings. The topological polar surface area (TPSA) is 40.1 Å². The number of rotatable bonds is 4. The predicted molar refractivity (Wildman–Crippen MR) is 166 cm³/mol. The lowest BCUT2D eigenvalue weighted by atomic mass is 9.84. The van der Waals surface area contributed by atoms with Crippen LogP contribution < -0.4 is 5.11 Å². The van der Waals surface area contributed by atoms with Crippen molar-refractivity contribution in [3.05, 3.63) is 78.0 Å². The molecule has 2 aliphatic rings. The van der Waals surface area contributed by atoms with Crippen LogP contribution in [0.15, 0.2) is 62.6 Å². The first-order valence-electron chi connectivity index (χ1n) is 13.6. The minimum atomic E-state index is -0.153. The van der Waals surface area contributed by atoms with Crippen molar-refractivity contribution in [1.29, 1.82) is 0 Å². The van der Waals surface area contributed by atoms with Gasteiger partial charge < -0.3 is 5.11 Å². The lowest BCUT2D eigenvalue weighted by Crippen LogP contribution is -2.29. The van der Waals surface area contributed by atoms with Crippen molar-refractivity contribution in [1.82, 2.24) is 0 Å². The second kappa shape index (κ2) is 10.6. The maximum absolute atomic E-state index is 13.2. The summed E-state index contributed by atoms with van der Waals surface area (Å²) in [6.07, 6.45) is 9.83. The van der Waals surface area contributed by atoms with Gasteiger partial charge in [0.2, 0.25) is 21.1 Å². The smallest absolute Gasteiger partial charge is 0.219 e. The molecule has 0 atom stereocenters. The van der Waals surface area contributed by atoms with Gasteiger partial charge in [-0.05, 0) is 68.9 Å². The first kappa shape index (κ1) is 30.6. The van der Waals surface area contributed by atoms with Gasteiger partial charge >= 0.3 is 0 Å². The van der Waals surface area contributed by atoms with E-state index < -0.39 is 0 Å². The molecule has 0 aromatic carbocycles. The van der Waals surface area contributed by atoms with Crippen LogP contribution in [0.1, 0.15) is 111 Å². The van der Waals surface area contributed by atoms with Gasteiger partial charge in [-0.2, -0.15) is 0 Å². The molecular formula is C34H46O2S2. The van der Waals surface area contributed by atoms with Crippen molar-refractivity contribution in [2.24, 2.45) is 10.8 Å². The van der Waals surface area contributed by atoms with Crippen LogP contribution in [0.4, 0.5) is 0 Å². The first-order valence-corrected chi connectivity index (χ1v) is 15.2. The summed E-state index contributed by atoms with van der Waals surface area (Å²) in [5.41, 5.74) is 2.75. The summed E-state index contributed by atoms with van der Waals surface area (Å²) in [5.74, 6) is -0.307. The molecule has 4 heteroatoms. The number of hydrogen-bond donors (Lipinski definition) is 0. The van der Waals surface area contributed by atoms with E-state index >= 15 is 0 Å². The molecule has 2 heterocycles. The molecule has 0 radical (unpaired) electrons. The Balaban J connectivity index is 2.02. The van der Waals surface area contributed by atoms with Gasteiger partial charge in [-0.1, -0.05) is 101 Å². The molecule has 2 nitrogen and oxygen atoms in total. The van der Waals surface area contributed by atoms with Crippen LogP contribution in [0.2, 0.25) is 0 Å². The summed E-state index contributed by atoms with van der Waals surface area (Å²) >= 11 is 3.65. The quantitative estimate of drug-likeness (QED) is 0.277. The molecule has 3 rings (SSSR count). The van der Waals surface area contributed by atoms with Crippen LogP contribution in [0, 0.1) is 10.8 Å². The van der Waals surface area contributed by atoms with E-state index in [1.54, 1.807) is 12.2 Å². The van der Waals surface area contributed by atoms with Crippen LogP contribution in [-0.4, -0.2) is 5.78 Å². The summed E-state index contributed by atoms with van der Waals surface area (Å²) in [6, 6.07) is 4.26. The molecular weight excluding hydrogens is 505 g/mol. The van der Waals surface area contributed by atoms with Crippen LogP contribution in [-0.2, 0) is 15.6 Å². The van der Waals surface area contributed by atoms with Gasteiger partial charge in [0.15, 0.2) is 5.78 Å². The Morgan fingerprint density at radius 2 is 1.21 bits per heavy atom. The summed E-state index contributed by atoms with van der Waals surface area (Å²) < 4.78 is 0. The monoisotopic (exact) mass is 550 g/mol. The van der Waals surface area contributed by atoms with Crippen molar-refractivity contribution in [2.75, 3.05) is 0 Å². The van der Waals surface area contributed by atoms with Crippen LogP contribution in [0.3, 0.4) is 0 Å². The van der Waals surface area contributed by atoms with Crippen molar-refractivity contribution in [3.63, 3.8) is 0 Å². The molecule has 0 fully saturated rings. The van der Waals surface area contributed by atoms with Gasteiger partial charge in [-0.15, -0.1) is 0 Å². The van der Waals surface area contributed by atoms with Gasteiger partial charge in [0.25, 0.3) is 0 Å². The number of hydrogen-bond acceptors (Lipinski definition) is 3. The molecule has 1 aliphatic carbocycles. The Bertz CT molecular complexity index is 1210. The molecule has 0 saturated carbocycles. The second-order valence-corrected chi connectivity index (χ2v) is 17.5.